The van der Waals surface area contributed by atoms with E-state index in [0.717, 1.165) is 16.8 Å². The summed E-state index contributed by atoms with van der Waals surface area (Å²) in [5.41, 5.74) is 3.09. The van der Waals surface area contributed by atoms with Crippen LogP contribution in [0.15, 0.2) is 30.3 Å². The number of anilines is 2. The SMILES string of the molecule is COc1cc(Cl)c(C)cc1NC(=O)CN1CC(=O)Oc2ccc(C)cc21. The highest BCUT2D eigenvalue weighted by molar-refractivity contribution is 6.31. The van der Waals surface area contributed by atoms with Gasteiger partial charge >= 0.3 is 5.97 Å². The van der Waals surface area contributed by atoms with Crippen molar-refractivity contribution in [3.05, 3.63) is 46.5 Å². The molecule has 0 aromatic heterocycles. The maximum absolute atomic E-state index is 12.6. The molecule has 0 bridgehead atoms. The second kappa shape index (κ2) is 7.25. The van der Waals surface area contributed by atoms with Gasteiger partial charge in [0.05, 0.1) is 25.0 Å². The van der Waals surface area contributed by atoms with Gasteiger partial charge in [-0.25, -0.2) is 4.79 Å². The molecule has 1 aliphatic rings. The summed E-state index contributed by atoms with van der Waals surface area (Å²) in [5, 5.41) is 3.38. The minimum absolute atomic E-state index is 0.0103. The van der Waals surface area contributed by atoms with E-state index in [2.05, 4.69) is 5.32 Å². The number of esters is 1. The predicted octanol–water partition coefficient (Wildman–Crippen LogP) is 3.33. The molecule has 1 heterocycles. The number of halogens is 1. The molecule has 136 valence electrons. The molecular weight excluding hydrogens is 356 g/mol. The van der Waals surface area contributed by atoms with Gasteiger partial charge in [-0.05, 0) is 43.2 Å². The Bertz CT molecular complexity index is 882. The van der Waals surface area contributed by atoms with Crippen LogP contribution >= 0.6 is 11.6 Å². The average molecular weight is 375 g/mol. The first-order valence-electron chi connectivity index (χ1n) is 8.07. The standard InChI is InChI=1S/C19H19ClN2O4/c1-11-4-5-16-15(6-11)22(10-19(24)26-16)9-18(23)21-14-7-12(2)13(20)8-17(14)25-3/h4-8H,9-10H2,1-3H3,(H,21,23). The molecule has 26 heavy (non-hydrogen) atoms. The van der Waals surface area contributed by atoms with E-state index in [-0.39, 0.29) is 19.0 Å². The summed E-state index contributed by atoms with van der Waals surface area (Å²) in [7, 11) is 1.51. The zero-order valence-electron chi connectivity index (χ0n) is 14.8. The number of nitrogens with zero attached hydrogens (tertiary/aromatic N) is 1. The van der Waals surface area contributed by atoms with Gasteiger partial charge in [0.1, 0.15) is 12.3 Å². The Morgan fingerprint density at radius 2 is 2.08 bits per heavy atom. The fraction of sp³-hybridized carbons (Fsp3) is 0.263. The fourth-order valence-electron chi connectivity index (χ4n) is 2.79. The summed E-state index contributed by atoms with van der Waals surface area (Å²) in [4.78, 5) is 26.1. The van der Waals surface area contributed by atoms with Crippen molar-refractivity contribution in [1.82, 2.24) is 0 Å². The van der Waals surface area contributed by atoms with E-state index in [1.165, 1.54) is 7.11 Å². The summed E-state index contributed by atoms with van der Waals surface area (Å²) < 4.78 is 10.5. The first kappa shape index (κ1) is 18.1. The number of fused-ring (bicyclic) bond motifs is 1. The molecule has 6 nitrogen and oxygen atoms in total. The Labute approximate surface area is 156 Å². The first-order valence-corrected chi connectivity index (χ1v) is 8.45. The van der Waals surface area contributed by atoms with Crippen LogP contribution in [0.5, 0.6) is 11.5 Å². The van der Waals surface area contributed by atoms with E-state index < -0.39 is 5.97 Å². The number of carbonyl (C=O) groups excluding carboxylic acids is 2. The average Bonchev–Trinajstić information content (AvgIpc) is 2.58. The molecule has 1 aliphatic heterocycles. The van der Waals surface area contributed by atoms with E-state index in [1.807, 2.05) is 26.0 Å². The van der Waals surface area contributed by atoms with E-state index in [9.17, 15) is 9.59 Å². The van der Waals surface area contributed by atoms with Crippen LogP contribution in [0.25, 0.3) is 0 Å². The summed E-state index contributed by atoms with van der Waals surface area (Å²) in [6.45, 7) is 3.81. The molecule has 0 fully saturated rings. The molecule has 1 amide bonds. The Morgan fingerprint density at radius 1 is 1.31 bits per heavy atom. The molecule has 1 N–H and O–H groups in total. The number of benzene rings is 2. The van der Waals surface area contributed by atoms with Gasteiger partial charge in [-0.1, -0.05) is 17.7 Å². The monoisotopic (exact) mass is 374 g/mol. The highest BCUT2D eigenvalue weighted by Crippen LogP contribution is 2.33. The largest absolute Gasteiger partial charge is 0.495 e. The minimum atomic E-state index is -0.394. The maximum Gasteiger partial charge on any atom is 0.331 e. The zero-order chi connectivity index (χ0) is 18.8. The quantitative estimate of drug-likeness (QED) is 0.656. The van der Waals surface area contributed by atoms with Crippen molar-refractivity contribution >= 4 is 34.9 Å². The molecule has 0 saturated carbocycles. The van der Waals surface area contributed by atoms with E-state index >= 15 is 0 Å². The highest BCUT2D eigenvalue weighted by Gasteiger charge is 2.26. The third kappa shape index (κ3) is 3.75. The first-order chi connectivity index (χ1) is 12.4. The molecule has 3 rings (SSSR count). The predicted molar refractivity (Wildman–Crippen MR) is 100 cm³/mol. The number of carbonyl (C=O) groups is 2. The Balaban J connectivity index is 1.80. The molecule has 0 radical (unpaired) electrons. The van der Waals surface area contributed by atoms with Crippen LogP contribution < -0.4 is 19.7 Å². The van der Waals surface area contributed by atoms with E-state index in [0.29, 0.717) is 22.2 Å². The number of hydrogen-bond donors (Lipinski definition) is 1. The van der Waals surface area contributed by atoms with Crippen molar-refractivity contribution in [2.75, 3.05) is 30.4 Å². The van der Waals surface area contributed by atoms with Crippen LogP contribution in [0.3, 0.4) is 0 Å². The molecule has 2 aromatic rings. The number of hydrogen-bond acceptors (Lipinski definition) is 5. The zero-order valence-corrected chi connectivity index (χ0v) is 15.5. The van der Waals surface area contributed by atoms with Crippen LogP contribution in [0, 0.1) is 13.8 Å². The lowest BCUT2D eigenvalue weighted by Crippen LogP contribution is -2.41. The van der Waals surface area contributed by atoms with Gasteiger partial charge in [-0.3, -0.25) is 4.79 Å². The lowest BCUT2D eigenvalue weighted by Gasteiger charge is -2.29. The van der Waals surface area contributed by atoms with E-state index in [1.54, 1.807) is 23.1 Å². The molecule has 0 unspecified atom stereocenters. The second-order valence-electron chi connectivity index (χ2n) is 6.15. The van der Waals surface area contributed by atoms with Crippen molar-refractivity contribution in [3.63, 3.8) is 0 Å². The lowest BCUT2D eigenvalue weighted by molar-refractivity contribution is -0.133. The molecule has 2 aromatic carbocycles. The summed E-state index contributed by atoms with van der Waals surface area (Å²) in [5.74, 6) is 0.268. The summed E-state index contributed by atoms with van der Waals surface area (Å²) >= 11 is 6.09. The van der Waals surface area contributed by atoms with Gasteiger partial charge in [0.15, 0.2) is 5.75 Å². The Hall–Kier alpha value is -2.73. The second-order valence-corrected chi connectivity index (χ2v) is 6.56. The smallest absolute Gasteiger partial charge is 0.331 e. The highest BCUT2D eigenvalue weighted by atomic mass is 35.5. The number of ether oxygens (including phenoxy) is 2. The Kier molecular flexibility index (Phi) is 5.04. The normalized spacial score (nSPS) is 13.1. The van der Waals surface area contributed by atoms with Gasteiger partial charge < -0.3 is 19.7 Å². The minimum Gasteiger partial charge on any atom is -0.495 e. The Morgan fingerprint density at radius 3 is 2.81 bits per heavy atom. The third-order valence-electron chi connectivity index (χ3n) is 4.09. The molecule has 0 aliphatic carbocycles. The topological polar surface area (TPSA) is 67.9 Å². The number of rotatable bonds is 4. The molecule has 7 heteroatoms. The summed E-state index contributed by atoms with van der Waals surface area (Å²) in [6.07, 6.45) is 0. The number of methoxy groups -OCH3 is 1. The maximum atomic E-state index is 12.6. The lowest BCUT2D eigenvalue weighted by atomic mass is 10.1. The molecule has 0 spiro atoms. The van der Waals surface area contributed by atoms with Crippen molar-refractivity contribution in [2.24, 2.45) is 0 Å². The number of nitrogens with one attached hydrogen (secondary N) is 1. The van der Waals surface area contributed by atoms with Crippen LogP contribution in [0.2, 0.25) is 5.02 Å². The van der Waals surface area contributed by atoms with Crippen molar-refractivity contribution in [2.45, 2.75) is 13.8 Å². The van der Waals surface area contributed by atoms with Gasteiger partial charge in [0.25, 0.3) is 0 Å². The molecule has 0 saturated heterocycles. The van der Waals surface area contributed by atoms with E-state index in [4.69, 9.17) is 21.1 Å². The van der Waals surface area contributed by atoms with Gasteiger partial charge in [0.2, 0.25) is 5.91 Å². The number of aryl methyl sites for hydroxylation is 2. The van der Waals surface area contributed by atoms with Crippen molar-refractivity contribution in [3.8, 4) is 11.5 Å². The van der Waals surface area contributed by atoms with Crippen LogP contribution in [-0.2, 0) is 9.59 Å². The third-order valence-corrected chi connectivity index (χ3v) is 4.50. The van der Waals surface area contributed by atoms with Crippen molar-refractivity contribution in [1.29, 1.82) is 0 Å². The van der Waals surface area contributed by atoms with Crippen molar-refractivity contribution < 1.29 is 19.1 Å². The molecule has 0 atom stereocenters. The van der Waals surface area contributed by atoms with Crippen LogP contribution in [0.4, 0.5) is 11.4 Å². The fourth-order valence-corrected chi connectivity index (χ4v) is 2.94. The molecular formula is C19H19ClN2O4. The van der Waals surface area contributed by atoms with Gasteiger partial charge in [-0.2, -0.15) is 0 Å². The van der Waals surface area contributed by atoms with Gasteiger partial charge in [0, 0.05) is 11.1 Å². The summed E-state index contributed by atoms with van der Waals surface area (Å²) in [6, 6.07) is 8.89. The van der Waals surface area contributed by atoms with Crippen LogP contribution in [0.1, 0.15) is 11.1 Å². The van der Waals surface area contributed by atoms with Gasteiger partial charge in [-0.15, -0.1) is 0 Å². The number of amides is 1. The van der Waals surface area contributed by atoms with Crippen LogP contribution in [-0.4, -0.2) is 32.1 Å².